The van der Waals surface area contributed by atoms with Gasteiger partial charge in [0.1, 0.15) is 5.75 Å². The van der Waals surface area contributed by atoms with Crippen LogP contribution in [0.2, 0.25) is 0 Å². The van der Waals surface area contributed by atoms with Crippen molar-refractivity contribution in [1.82, 2.24) is 10.6 Å². The van der Waals surface area contributed by atoms with E-state index in [0.29, 0.717) is 25.7 Å². The quantitative estimate of drug-likeness (QED) is 0.465. The Bertz CT molecular complexity index is 449. The summed E-state index contributed by atoms with van der Waals surface area (Å²) >= 11 is 0. The topological polar surface area (TPSA) is 45.7 Å². The van der Waals surface area contributed by atoms with E-state index in [1.54, 1.807) is 0 Å². The molecule has 0 aliphatic carbocycles. The van der Waals surface area contributed by atoms with Crippen molar-refractivity contribution < 1.29 is 4.74 Å². The number of hydrogen-bond donors (Lipinski definition) is 2. The summed E-state index contributed by atoms with van der Waals surface area (Å²) in [6, 6.07) is 7.91. The number of ether oxygens (including phenoxy) is 1. The van der Waals surface area contributed by atoms with Crippen molar-refractivity contribution in [3.8, 4) is 18.1 Å². The fraction of sp³-hybridized carbons (Fsp3) is 0.400. The van der Waals surface area contributed by atoms with E-state index in [1.165, 1.54) is 0 Å². The van der Waals surface area contributed by atoms with Crippen molar-refractivity contribution in [3.05, 3.63) is 29.8 Å². The summed E-state index contributed by atoms with van der Waals surface area (Å²) in [4.78, 5) is 4.48. The summed E-state index contributed by atoms with van der Waals surface area (Å²) in [6.45, 7) is 6.44. The van der Waals surface area contributed by atoms with E-state index in [1.807, 2.05) is 38.1 Å². The molecule has 0 spiro atoms. The average Bonchev–Trinajstić information content (AvgIpc) is 2.43. The molecule has 0 aliphatic heterocycles. The summed E-state index contributed by atoms with van der Waals surface area (Å²) in [5, 5.41) is 6.20. The summed E-state index contributed by atoms with van der Waals surface area (Å²) in [5.74, 6) is 4.12. The molecule has 0 bridgehead atoms. The number of nitrogens with one attached hydrogen (secondary N) is 2. The highest BCUT2D eigenvalue weighted by Gasteiger charge is 2.02. The zero-order valence-electron chi connectivity index (χ0n) is 11.6. The van der Waals surface area contributed by atoms with E-state index in [-0.39, 0.29) is 0 Å². The Balaban J connectivity index is 2.73. The van der Waals surface area contributed by atoms with Gasteiger partial charge in [-0.3, -0.25) is 0 Å². The van der Waals surface area contributed by atoms with Crippen LogP contribution in [0.25, 0.3) is 0 Å². The van der Waals surface area contributed by atoms with Crippen molar-refractivity contribution in [3.63, 3.8) is 0 Å². The first-order valence-corrected chi connectivity index (χ1v) is 6.48. The summed E-state index contributed by atoms with van der Waals surface area (Å²) in [6.07, 6.45) is 5.23. The fourth-order valence-electron chi connectivity index (χ4n) is 1.57. The molecule has 0 atom stereocenters. The van der Waals surface area contributed by atoms with Gasteiger partial charge in [0, 0.05) is 12.1 Å². The molecule has 1 aromatic rings. The molecule has 4 nitrogen and oxygen atoms in total. The molecule has 0 unspecified atom stereocenters. The molecule has 0 saturated heterocycles. The predicted molar refractivity (Wildman–Crippen MR) is 79.3 cm³/mol. The molecule has 102 valence electrons. The molecular formula is C15H21N3O. The maximum Gasteiger partial charge on any atom is 0.192 e. The van der Waals surface area contributed by atoms with Crippen molar-refractivity contribution in [1.29, 1.82) is 0 Å². The van der Waals surface area contributed by atoms with Crippen molar-refractivity contribution in [2.45, 2.75) is 20.4 Å². The molecule has 1 aromatic carbocycles. The van der Waals surface area contributed by atoms with Crippen LogP contribution in [0.15, 0.2) is 29.3 Å². The molecule has 4 heteroatoms. The van der Waals surface area contributed by atoms with Crippen LogP contribution in [0.5, 0.6) is 5.75 Å². The van der Waals surface area contributed by atoms with Gasteiger partial charge in [0.05, 0.1) is 19.7 Å². The molecule has 0 heterocycles. The van der Waals surface area contributed by atoms with Crippen LogP contribution in [0.4, 0.5) is 0 Å². The largest absolute Gasteiger partial charge is 0.494 e. The first-order valence-electron chi connectivity index (χ1n) is 6.48. The van der Waals surface area contributed by atoms with Crippen molar-refractivity contribution in [2.24, 2.45) is 4.99 Å². The highest BCUT2D eigenvalue weighted by molar-refractivity contribution is 5.80. The first-order chi connectivity index (χ1) is 9.31. The first kappa shape index (κ1) is 14.9. The normalized spacial score (nSPS) is 10.7. The van der Waals surface area contributed by atoms with E-state index in [4.69, 9.17) is 11.2 Å². The van der Waals surface area contributed by atoms with Crippen molar-refractivity contribution in [2.75, 3.05) is 19.7 Å². The molecule has 2 N–H and O–H groups in total. The van der Waals surface area contributed by atoms with Crippen LogP contribution < -0.4 is 15.4 Å². The van der Waals surface area contributed by atoms with Gasteiger partial charge in [-0.1, -0.05) is 24.1 Å². The SMILES string of the molecule is C#CCNC(=NCc1ccccc1OCC)NCC. The number of para-hydroxylation sites is 1. The highest BCUT2D eigenvalue weighted by Crippen LogP contribution is 2.18. The van der Waals surface area contributed by atoms with E-state index >= 15 is 0 Å². The van der Waals surface area contributed by atoms with Gasteiger partial charge in [0.25, 0.3) is 0 Å². The van der Waals surface area contributed by atoms with Crippen LogP contribution in [0.3, 0.4) is 0 Å². The van der Waals surface area contributed by atoms with Gasteiger partial charge in [-0.05, 0) is 19.9 Å². The summed E-state index contributed by atoms with van der Waals surface area (Å²) in [5.41, 5.74) is 1.06. The van der Waals surface area contributed by atoms with Crippen LogP contribution >= 0.6 is 0 Å². The molecule has 0 saturated carbocycles. The standard InChI is InChI=1S/C15H21N3O/c1-4-11-17-15(16-5-2)18-12-13-9-7-8-10-14(13)19-6-3/h1,7-10H,5-6,11-12H2,2-3H3,(H2,16,17,18). The van der Waals surface area contributed by atoms with Crippen molar-refractivity contribution >= 4 is 5.96 Å². The molecule has 0 aromatic heterocycles. The fourth-order valence-corrected chi connectivity index (χ4v) is 1.57. The lowest BCUT2D eigenvalue weighted by Crippen LogP contribution is -2.37. The van der Waals surface area contributed by atoms with Gasteiger partial charge in [-0.2, -0.15) is 0 Å². The average molecular weight is 259 g/mol. The second kappa shape index (κ2) is 8.87. The van der Waals surface area contributed by atoms with Gasteiger partial charge >= 0.3 is 0 Å². The highest BCUT2D eigenvalue weighted by atomic mass is 16.5. The summed E-state index contributed by atoms with van der Waals surface area (Å²) in [7, 11) is 0. The lowest BCUT2D eigenvalue weighted by Gasteiger charge is -2.11. The monoisotopic (exact) mass is 259 g/mol. The van der Waals surface area contributed by atoms with Gasteiger partial charge in [0.15, 0.2) is 5.96 Å². The van der Waals surface area contributed by atoms with Crippen LogP contribution in [-0.2, 0) is 6.54 Å². The van der Waals surface area contributed by atoms with Crippen LogP contribution in [0, 0.1) is 12.3 Å². The molecule has 0 fully saturated rings. The van der Waals surface area contributed by atoms with Gasteiger partial charge in [-0.15, -0.1) is 6.42 Å². The number of benzene rings is 1. The smallest absolute Gasteiger partial charge is 0.192 e. The predicted octanol–water partition coefficient (Wildman–Crippen LogP) is 1.77. The Hall–Kier alpha value is -2.15. The Morgan fingerprint density at radius 1 is 1.32 bits per heavy atom. The van der Waals surface area contributed by atoms with Crippen LogP contribution in [-0.4, -0.2) is 25.7 Å². The molecular weight excluding hydrogens is 238 g/mol. The zero-order chi connectivity index (χ0) is 13.9. The Labute approximate surface area is 115 Å². The molecule has 0 radical (unpaired) electrons. The Morgan fingerprint density at radius 3 is 2.79 bits per heavy atom. The minimum atomic E-state index is 0.457. The third kappa shape index (κ3) is 5.35. The van der Waals surface area contributed by atoms with E-state index in [2.05, 4.69) is 21.5 Å². The maximum atomic E-state index is 5.57. The van der Waals surface area contributed by atoms with E-state index < -0.39 is 0 Å². The number of nitrogens with zero attached hydrogens (tertiary/aromatic N) is 1. The second-order valence-corrected chi connectivity index (χ2v) is 3.79. The Kier molecular flexibility index (Phi) is 6.96. The second-order valence-electron chi connectivity index (χ2n) is 3.79. The molecule has 0 amide bonds. The zero-order valence-corrected chi connectivity index (χ0v) is 11.6. The third-order valence-corrected chi connectivity index (χ3v) is 2.38. The lowest BCUT2D eigenvalue weighted by molar-refractivity contribution is 0.336. The number of terminal acetylenes is 1. The van der Waals surface area contributed by atoms with E-state index in [0.717, 1.165) is 17.9 Å². The van der Waals surface area contributed by atoms with Gasteiger partial charge < -0.3 is 15.4 Å². The lowest BCUT2D eigenvalue weighted by atomic mass is 10.2. The number of rotatable bonds is 6. The minimum absolute atomic E-state index is 0.457. The molecule has 19 heavy (non-hydrogen) atoms. The number of hydrogen-bond acceptors (Lipinski definition) is 2. The molecule has 1 rings (SSSR count). The van der Waals surface area contributed by atoms with Crippen LogP contribution in [0.1, 0.15) is 19.4 Å². The molecule has 0 aliphatic rings. The number of aliphatic imine (C=N–C) groups is 1. The van der Waals surface area contributed by atoms with E-state index in [9.17, 15) is 0 Å². The maximum absolute atomic E-state index is 5.57. The third-order valence-electron chi connectivity index (χ3n) is 2.38. The summed E-state index contributed by atoms with van der Waals surface area (Å²) < 4.78 is 5.57. The minimum Gasteiger partial charge on any atom is -0.494 e. The van der Waals surface area contributed by atoms with Gasteiger partial charge in [0.2, 0.25) is 0 Å². The van der Waals surface area contributed by atoms with Gasteiger partial charge in [-0.25, -0.2) is 4.99 Å². The number of guanidine groups is 1. The Morgan fingerprint density at radius 2 is 2.11 bits per heavy atom.